The molecular weight excluding hydrogens is 367 g/mol. The van der Waals surface area contributed by atoms with Gasteiger partial charge in [0.1, 0.15) is 23.7 Å². The van der Waals surface area contributed by atoms with E-state index < -0.39 is 0 Å². The third-order valence-electron chi connectivity index (χ3n) is 4.37. The SMILES string of the molecule is Cc1nn(CC(=O)NCCc2cccs2)c(=O)c2cc3cc(F)ccc3n12. The number of amides is 1. The lowest BCUT2D eigenvalue weighted by atomic mass is 10.2. The standard InChI is InChI=1S/C19H17FN4O2S/c1-12-22-23(11-18(25)21-7-6-15-3-2-8-27-15)19(26)17-10-13-9-14(20)4-5-16(13)24(12)17/h2-5,8-10H,6-7,11H2,1H3,(H,21,25). The van der Waals surface area contributed by atoms with Gasteiger partial charge in [-0.1, -0.05) is 6.07 Å². The van der Waals surface area contributed by atoms with Crippen LogP contribution in [0.5, 0.6) is 0 Å². The van der Waals surface area contributed by atoms with Crippen LogP contribution in [-0.2, 0) is 17.8 Å². The van der Waals surface area contributed by atoms with Crippen LogP contribution in [0.3, 0.4) is 0 Å². The smallest absolute Gasteiger partial charge is 0.291 e. The minimum absolute atomic E-state index is 0.156. The van der Waals surface area contributed by atoms with Crippen LogP contribution < -0.4 is 10.9 Å². The minimum Gasteiger partial charge on any atom is -0.354 e. The zero-order chi connectivity index (χ0) is 19.0. The van der Waals surface area contributed by atoms with Gasteiger partial charge in [-0.05, 0) is 49.1 Å². The zero-order valence-electron chi connectivity index (χ0n) is 14.6. The molecule has 0 atom stereocenters. The van der Waals surface area contributed by atoms with Crippen LogP contribution >= 0.6 is 11.3 Å². The molecule has 4 rings (SSSR count). The molecule has 0 fully saturated rings. The monoisotopic (exact) mass is 384 g/mol. The topological polar surface area (TPSA) is 68.4 Å². The number of halogens is 1. The Bertz CT molecular complexity index is 1190. The van der Waals surface area contributed by atoms with E-state index in [4.69, 9.17) is 0 Å². The molecule has 0 spiro atoms. The Hall–Kier alpha value is -3.00. The first-order valence-corrected chi connectivity index (χ1v) is 9.38. The molecule has 0 bridgehead atoms. The molecule has 3 heterocycles. The second-order valence-electron chi connectivity index (χ2n) is 6.26. The van der Waals surface area contributed by atoms with E-state index in [1.807, 2.05) is 17.5 Å². The first-order chi connectivity index (χ1) is 13.0. The number of fused-ring (bicyclic) bond motifs is 3. The highest BCUT2D eigenvalue weighted by Crippen LogP contribution is 2.20. The lowest BCUT2D eigenvalue weighted by Gasteiger charge is -2.09. The number of aryl methyl sites for hydroxylation is 1. The molecule has 1 amide bonds. The van der Waals surface area contributed by atoms with Crippen molar-refractivity contribution in [3.63, 3.8) is 0 Å². The molecule has 3 aromatic heterocycles. The molecule has 0 saturated heterocycles. The third kappa shape index (κ3) is 3.35. The molecule has 0 saturated carbocycles. The largest absolute Gasteiger partial charge is 0.354 e. The number of carbonyl (C=O) groups is 1. The van der Waals surface area contributed by atoms with Crippen molar-refractivity contribution in [1.29, 1.82) is 0 Å². The Morgan fingerprint density at radius 2 is 2.11 bits per heavy atom. The molecule has 0 unspecified atom stereocenters. The van der Waals surface area contributed by atoms with Gasteiger partial charge in [0.05, 0.1) is 5.52 Å². The fraction of sp³-hybridized carbons (Fsp3) is 0.211. The predicted molar refractivity (Wildman–Crippen MR) is 103 cm³/mol. The quantitative estimate of drug-likeness (QED) is 0.575. The van der Waals surface area contributed by atoms with Gasteiger partial charge in [-0.2, -0.15) is 5.10 Å². The first-order valence-electron chi connectivity index (χ1n) is 8.50. The van der Waals surface area contributed by atoms with Crippen LogP contribution in [0.25, 0.3) is 16.4 Å². The van der Waals surface area contributed by atoms with Crippen LogP contribution in [0.2, 0.25) is 0 Å². The molecule has 4 aromatic rings. The second kappa shape index (κ2) is 6.96. The van der Waals surface area contributed by atoms with Gasteiger partial charge in [0, 0.05) is 16.8 Å². The number of nitrogens with one attached hydrogen (secondary N) is 1. The van der Waals surface area contributed by atoms with Crippen molar-refractivity contribution in [3.05, 3.63) is 68.7 Å². The van der Waals surface area contributed by atoms with Gasteiger partial charge in [-0.3, -0.25) is 14.0 Å². The van der Waals surface area contributed by atoms with Gasteiger partial charge in [0.15, 0.2) is 0 Å². The van der Waals surface area contributed by atoms with E-state index in [9.17, 15) is 14.0 Å². The number of hydrogen-bond donors (Lipinski definition) is 1. The van der Waals surface area contributed by atoms with Gasteiger partial charge in [-0.25, -0.2) is 9.07 Å². The summed E-state index contributed by atoms with van der Waals surface area (Å²) >= 11 is 1.64. The minimum atomic E-state index is -0.384. The van der Waals surface area contributed by atoms with Crippen LogP contribution in [-0.4, -0.2) is 26.6 Å². The predicted octanol–water partition coefficient (Wildman–Crippen LogP) is 2.52. The lowest BCUT2D eigenvalue weighted by Crippen LogP contribution is -2.35. The zero-order valence-corrected chi connectivity index (χ0v) is 15.4. The number of rotatable bonds is 5. The molecule has 0 aliphatic carbocycles. The van der Waals surface area contributed by atoms with Gasteiger partial charge in [0.25, 0.3) is 5.56 Å². The summed E-state index contributed by atoms with van der Waals surface area (Å²) in [6.07, 6.45) is 0.749. The summed E-state index contributed by atoms with van der Waals surface area (Å²) in [4.78, 5) is 26.1. The molecule has 6 nitrogen and oxygen atoms in total. The molecule has 0 aliphatic heterocycles. The van der Waals surface area contributed by atoms with E-state index in [1.54, 1.807) is 34.8 Å². The van der Waals surface area contributed by atoms with Gasteiger partial charge in [0.2, 0.25) is 5.91 Å². The summed E-state index contributed by atoms with van der Waals surface area (Å²) in [7, 11) is 0. The van der Waals surface area contributed by atoms with Gasteiger partial charge in [-0.15, -0.1) is 11.3 Å². The lowest BCUT2D eigenvalue weighted by molar-refractivity contribution is -0.121. The van der Waals surface area contributed by atoms with Crippen molar-refractivity contribution in [2.75, 3.05) is 6.54 Å². The maximum absolute atomic E-state index is 13.5. The average molecular weight is 384 g/mol. The summed E-state index contributed by atoms with van der Waals surface area (Å²) in [5.74, 6) is -0.0842. The van der Waals surface area contributed by atoms with E-state index >= 15 is 0 Å². The van der Waals surface area contributed by atoms with E-state index in [0.717, 1.165) is 11.1 Å². The molecular formula is C19H17FN4O2S. The maximum atomic E-state index is 13.5. The summed E-state index contributed by atoms with van der Waals surface area (Å²) in [5, 5.41) is 9.68. The molecule has 0 radical (unpaired) electrons. The number of hydrogen-bond acceptors (Lipinski definition) is 4. The van der Waals surface area contributed by atoms with E-state index in [1.165, 1.54) is 17.0 Å². The number of thiophene rings is 1. The number of benzene rings is 1. The van der Waals surface area contributed by atoms with Crippen molar-refractivity contribution in [1.82, 2.24) is 19.5 Å². The summed E-state index contributed by atoms with van der Waals surface area (Å²) < 4.78 is 16.3. The highest BCUT2D eigenvalue weighted by Gasteiger charge is 2.14. The first kappa shape index (κ1) is 17.4. The Morgan fingerprint density at radius 1 is 1.26 bits per heavy atom. The summed E-state index contributed by atoms with van der Waals surface area (Å²) in [6.45, 7) is 2.10. The van der Waals surface area contributed by atoms with Crippen molar-refractivity contribution in [3.8, 4) is 0 Å². The molecule has 8 heteroatoms. The van der Waals surface area contributed by atoms with Crippen LogP contribution in [0.1, 0.15) is 10.7 Å². The Labute approximate surface area is 157 Å². The molecule has 1 N–H and O–H groups in total. The van der Waals surface area contributed by atoms with Crippen molar-refractivity contribution >= 4 is 33.7 Å². The fourth-order valence-corrected chi connectivity index (χ4v) is 3.88. The van der Waals surface area contributed by atoms with Crippen molar-refractivity contribution < 1.29 is 9.18 Å². The van der Waals surface area contributed by atoms with Crippen LogP contribution in [0.4, 0.5) is 4.39 Å². The molecule has 1 aromatic carbocycles. The average Bonchev–Trinajstić information content (AvgIpc) is 3.26. The van der Waals surface area contributed by atoms with E-state index in [2.05, 4.69) is 10.4 Å². The maximum Gasteiger partial charge on any atom is 0.291 e. The number of aromatic nitrogens is 3. The van der Waals surface area contributed by atoms with Crippen molar-refractivity contribution in [2.45, 2.75) is 19.9 Å². The van der Waals surface area contributed by atoms with E-state index in [0.29, 0.717) is 28.8 Å². The molecule has 27 heavy (non-hydrogen) atoms. The third-order valence-corrected chi connectivity index (χ3v) is 5.31. The summed E-state index contributed by atoms with van der Waals surface area (Å²) in [5.41, 5.74) is 0.696. The van der Waals surface area contributed by atoms with Crippen LogP contribution in [0.15, 0.2) is 46.6 Å². The fourth-order valence-electron chi connectivity index (χ4n) is 3.17. The van der Waals surface area contributed by atoms with Crippen LogP contribution in [0, 0.1) is 12.7 Å². The highest BCUT2D eigenvalue weighted by molar-refractivity contribution is 7.09. The number of carbonyl (C=O) groups excluding carboxylic acids is 1. The van der Waals surface area contributed by atoms with Crippen molar-refractivity contribution in [2.24, 2.45) is 0 Å². The van der Waals surface area contributed by atoms with Gasteiger partial charge < -0.3 is 5.32 Å². The number of nitrogens with zero attached hydrogens (tertiary/aromatic N) is 3. The highest BCUT2D eigenvalue weighted by atomic mass is 32.1. The Kier molecular flexibility index (Phi) is 4.49. The Morgan fingerprint density at radius 3 is 2.89 bits per heavy atom. The molecule has 0 aliphatic rings. The van der Waals surface area contributed by atoms with E-state index in [-0.39, 0.29) is 23.8 Å². The second-order valence-corrected chi connectivity index (χ2v) is 7.29. The Balaban J connectivity index is 1.58. The molecule has 138 valence electrons. The summed E-state index contributed by atoms with van der Waals surface area (Å²) in [6, 6.07) is 9.95. The normalized spacial score (nSPS) is 11.3. The van der Waals surface area contributed by atoms with Gasteiger partial charge >= 0.3 is 0 Å².